The van der Waals surface area contributed by atoms with Crippen LogP contribution in [0.2, 0.25) is 0 Å². The van der Waals surface area contributed by atoms with Gasteiger partial charge >= 0.3 is 0 Å². The highest BCUT2D eigenvalue weighted by Crippen LogP contribution is 2.36. The minimum atomic E-state index is -0.213. The van der Waals surface area contributed by atoms with Gasteiger partial charge in [0.15, 0.2) is 0 Å². The Morgan fingerprint density at radius 2 is 2.00 bits per heavy atom. The SMILES string of the molecule is CCN1C(=O)CC[C@@H](C(=O)NCCCn2ccnc2C)[C@@H]1c1ccc(C)cc1. The van der Waals surface area contributed by atoms with Gasteiger partial charge in [-0.05, 0) is 39.2 Å². The maximum absolute atomic E-state index is 13.0. The third-order valence-electron chi connectivity index (χ3n) is 5.60. The van der Waals surface area contributed by atoms with Gasteiger partial charge in [0, 0.05) is 38.4 Å². The average molecular weight is 383 g/mol. The van der Waals surface area contributed by atoms with Gasteiger partial charge in [0.25, 0.3) is 0 Å². The minimum absolute atomic E-state index is 0.0406. The molecule has 0 spiro atoms. The van der Waals surface area contributed by atoms with Crippen LogP contribution in [0.5, 0.6) is 0 Å². The minimum Gasteiger partial charge on any atom is -0.356 e. The third-order valence-corrected chi connectivity index (χ3v) is 5.60. The number of likely N-dealkylation sites (tertiary alicyclic amines) is 1. The molecule has 1 aromatic heterocycles. The molecule has 2 aromatic rings. The number of aromatic nitrogens is 2. The highest BCUT2D eigenvalue weighted by molar-refractivity contribution is 5.85. The topological polar surface area (TPSA) is 67.2 Å². The molecule has 1 fully saturated rings. The molecule has 0 unspecified atom stereocenters. The number of hydrogen-bond acceptors (Lipinski definition) is 3. The first-order chi connectivity index (χ1) is 13.5. The highest BCUT2D eigenvalue weighted by atomic mass is 16.2. The number of nitrogens with one attached hydrogen (secondary N) is 1. The Morgan fingerprint density at radius 1 is 1.25 bits per heavy atom. The summed E-state index contributed by atoms with van der Waals surface area (Å²) < 4.78 is 2.08. The van der Waals surface area contributed by atoms with Crippen molar-refractivity contribution in [1.82, 2.24) is 19.8 Å². The van der Waals surface area contributed by atoms with E-state index in [2.05, 4.69) is 14.9 Å². The Hall–Kier alpha value is -2.63. The number of amides is 2. The van der Waals surface area contributed by atoms with Crippen molar-refractivity contribution >= 4 is 11.8 Å². The van der Waals surface area contributed by atoms with E-state index in [0.717, 1.165) is 24.4 Å². The van der Waals surface area contributed by atoms with E-state index in [-0.39, 0.29) is 23.8 Å². The van der Waals surface area contributed by atoms with Crippen molar-refractivity contribution in [3.8, 4) is 0 Å². The van der Waals surface area contributed by atoms with Gasteiger partial charge in [-0.3, -0.25) is 9.59 Å². The molecule has 2 atom stereocenters. The summed E-state index contributed by atoms with van der Waals surface area (Å²) >= 11 is 0. The Morgan fingerprint density at radius 3 is 2.64 bits per heavy atom. The smallest absolute Gasteiger partial charge is 0.225 e. The van der Waals surface area contributed by atoms with Crippen molar-refractivity contribution in [2.24, 2.45) is 5.92 Å². The van der Waals surface area contributed by atoms with Crippen molar-refractivity contribution in [1.29, 1.82) is 0 Å². The summed E-state index contributed by atoms with van der Waals surface area (Å²) in [5.74, 6) is 0.942. The first-order valence-corrected chi connectivity index (χ1v) is 10.1. The van der Waals surface area contributed by atoms with Gasteiger partial charge < -0.3 is 14.8 Å². The first kappa shape index (κ1) is 20.1. The number of aryl methyl sites for hydroxylation is 3. The lowest BCUT2D eigenvalue weighted by Gasteiger charge is -2.40. The molecular formula is C22H30N4O2. The molecule has 6 heteroatoms. The lowest BCUT2D eigenvalue weighted by molar-refractivity contribution is -0.143. The van der Waals surface area contributed by atoms with Crippen molar-refractivity contribution in [2.45, 2.75) is 52.6 Å². The van der Waals surface area contributed by atoms with Gasteiger partial charge in [0.05, 0.1) is 12.0 Å². The van der Waals surface area contributed by atoms with Crippen LogP contribution in [0.15, 0.2) is 36.7 Å². The van der Waals surface area contributed by atoms with Gasteiger partial charge in [-0.25, -0.2) is 4.98 Å². The Labute approximate surface area is 166 Å². The number of imidazole rings is 1. The number of carbonyl (C=O) groups is 2. The molecule has 2 heterocycles. The molecule has 6 nitrogen and oxygen atoms in total. The van der Waals surface area contributed by atoms with Crippen LogP contribution in [-0.2, 0) is 16.1 Å². The second kappa shape index (κ2) is 9.04. The summed E-state index contributed by atoms with van der Waals surface area (Å²) in [5, 5.41) is 3.09. The van der Waals surface area contributed by atoms with E-state index in [0.29, 0.717) is 25.9 Å². The zero-order chi connectivity index (χ0) is 20.1. The predicted octanol–water partition coefficient (Wildman–Crippen LogP) is 3.01. The number of carbonyl (C=O) groups excluding carboxylic acids is 2. The zero-order valence-electron chi connectivity index (χ0n) is 17.0. The second-order valence-corrected chi connectivity index (χ2v) is 7.49. The predicted molar refractivity (Wildman–Crippen MR) is 109 cm³/mol. The normalized spacial score (nSPS) is 19.7. The van der Waals surface area contributed by atoms with E-state index < -0.39 is 0 Å². The molecule has 0 radical (unpaired) electrons. The Bertz CT molecular complexity index is 812. The molecule has 1 aliphatic rings. The van der Waals surface area contributed by atoms with Crippen molar-refractivity contribution in [3.63, 3.8) is 0 Å². The standard InChI is InChI=1S/C22H30N4O2/c1-4-26-20(27)11-10-19(21(26)18-8-6-16(2)7-9-18)22(28)24-12-5-14-25-15-13-23-17(25)3/h6-9,13,15,19,21H,4-5,10-12,14H2,1-3H3,(H,24,28)/t19-,21+/m1/s1. The molecule has 1 N–H and O–H groups in total. The van der Waals surface area contributed by atoms with Crippen molar-refractivity contribution < 1.29 is 9.59 Å². The number of rotatable bonds is 7. The van der Waals surface area contributed by atoms with E-state index in [1.807, 2.05) is 56.1 Å². The van der Waals surface area contributed by atoms with Crippen LogP contribution in [-0.4, -0.2) is 39.4 Å². The fourth-order valence-electron chi connectivity index (χ4n) is 4.01. The molecule has 0 aliphatic carbocycles. The Balaban J connectivity index is 1.66. The molecule has 3 rings (SSSR count). The van der Waals surface area contributed by atoms with Crippen LogP contribution in [0.1, 0.15) is 49.2 Å². The molecule has 1 saturated heterocycles. The van der Waals surface area contributed by atoms with E-state index in [4.69, 9.17) is 0 Å². The van der Waals surface area contributed by atoms with Crippen LogP contribution in [0.25, 0.3) is 0 Å². The number of nitrogens with zero attached hydrogens (tertiary/aromatic N) is 3. The molecule has 0 bridgehead atoms. The number of benzene rings is 1. The summed E-state index contributed by atoms with van der Waals surface area (Å²) in [4.78, 5) is 31.5. The van der Waals surface area contributed by atoms with Crippen LogP contribution in [0.3, 0.4) is 0 Å². The quantitative estimate of drug-likeness (QED) is 0.749. The number of hydrogen-bond donors (Lipinski definition) is 1. The van der Waals surface area contributed by atoms with Gasteiger partial charge in [-0.1, -0.05) is 29.8 Å². The summed E-state index contributed by atoms with van der Waals surface area (Å²) in [6.45, 7) is 8.06. The van der Waals surface area contributed by atoms with E-state index in [1.165, 1.54) is 5.56 Å². The average Bonchev–Trinajstić information content (AvgIpc) is 3.10. The number of piperidine rings is 1. The van der Waals surface area contributed by atoms with Gasteiger partial charge in [0.2, 0.25) is 11.8 Å². The van der Waals surface area contributed by atoms with Crippen molar-refractivity contribution in [2.75, 3.05) is 13.1 Å². The Kier molecular flexibility index (Phi) is 6.49. The highest BCUT2D eigenvalue weighted by Gasteiger charge is 2.39. The molecule has 0 saturated carbocycles. The van der Waals surface area contributed by atoms with E-state index in [9.17, 15) is 9.59 Å². The van der Waals surface area contributed by atoms with Crippen LogP contribution >= 0.6 is 0 Å². The zero-order valence-corrected chi connectivity index (χ0v) is 17.0. The van der Waals surface area contributed by atoms with Crippen LogP contribution in [0.4, 0.5) is 0 Å². The van der Waals surface area contributed by atoms with Gasteiger partial charge in [-0.2, -0.15) is 0 Å². The van der Waals surface area contributed by atoms with E-state index >= 15 is 0 Å². The van der Waals surface area contributed by atoms with Crippen molar-refractivity contribution in [3.05, 3.63) is 53.6 Å². The lowest BCUT2D eigenvalue weighted by atomic mass is 9.83. The molecule has 1 aromatic carbocycles. The van der Waals surface area contributed by atoms with E-state index in [1.54, 1.807) is 6.20 Å². The second-order valence-electron chi connectivity index (χ2n) is 7.49. The maximum atomic E-state index is 13.0. The summed E-state index contributed by atoms with van der Waals surface area (Å²) in [6, 6.07) is 7.99. The molecule has 150 valence electrons. The summed E-state index contributed by atoms with van der Waals surface area (Å²) in [7, 11) is 0. The first-order valence-electron chi connectivity index (χ1n) is 10.1. The van der Waals surface area contributed by atoms with Crippen LogP contribution in [0, 0.1) is 19.8 Å². The molecular weight excluding hydrogens is 352 g/mol. The van der Waals surface area contributed by atoms with Crippen LogP contribution < -0.4 is 5.32 Å². The summed E-state index contributed by atoms with van der Waals surface area (Å²) in [6.07, 6.45) is 5.62. The maximum Gasteiger partial charge on any atom is 0.225 e. The molecule has 2 amide bonds. The lowest BCUT2D eigenvalue weighted by Crippen LogP contribution is -2.48. The molecule has 1 aliphatic heterocycles. The van der Waals surface area contributed by atoms with Gasteiger partial charge in [-0.15, -0.1) is 0 Å². The largest absolute Gasteiger partial charge is 0.356 e. The fourth-order valence-corrected chi connectivity index (χ4v) is 4.01. The van der Waals surface area contributed by atoms with Gasteiger partial charge in [0.1, 0.15) is 5.82 Å². The monoisotopic (exact) mass is 382 g/mol. The fraction of sp³-hybridized carbons (Fsp3) is 0.500. The summed E-state index contributed by atoms with van der Waals surface area (Å²) in [5.41, 5.74) is 2.21. The third kappa shape index (κ3) is 4.43. The molecule has 28 heavy (non-hydrogen) atoms.